The minimum absolute atomic E-state index is 0.261. The molecule has 5 unspecified atom stereocenters. The van der Waals surface area contributed by atoms with Crippen LogP contribution in [0.1, 0.15) is 10.4 Å². The molecule has 0 saturated carbocycles. The summed E-state index contributed by atoms with van der Waals surface area (Å²) in [5, 5.41) is 49.6. The van der Waals surface area contributed by atoms with E-state index < -0.39 is 43.2 Å². The van der Waals surface area contributed by atoms with E-state index in [4.69, 9.17) is 9.84 Å². The Labute approximate surface area is 160 Å². The zero-order valence-corrected chi connectivity index (χ0v) is 14.8. The van der Waals surface area contributed by atoms with Gasteiger partial charge in [-0.2, -0.15) is 10.2 Å². The Kier molecular flexibility index (Phi) is 6.45. The largest absolute Gasteiger partial charge is 0.394 e. The summed E-state index contributed by atoms with van der Waals surface area (Å²) >= 11 is 0. The molecule has 0 spiro atoms. The van der Waals surface area contributed by atoms with Crippen LogP contribution in [0.3, 0.4) is 0 Å². The highest BCUT2D eigenvalue weighted by Gasteiger charge is 2.44. The number of carbonyl (C=O) groups excluding carboxylic acids is 1. The van der Waals surface area contributed by atoms with Crippen molar-refractivity contribution in [3.63, 3.8) is 0 Å². The van der Waals surface area contributed by atoms with Crippen LogP contribution in [0, 0.1) is 0 Å². The smallest absolute Gasteiger partial charge is 0.251 e. The molecule has 5 atom stereocenters. The molecule has 0 aliphatic carbocycles. The van der Waals surface area contributed by atoms with Gasteiger partial charge in [0.15, 0.2) is 6.29 Å². The molecule has 9 nitrogen and oxygen atoms in total. The van der Waals surface area contributed by atoms with Crippen LogP contribution >= 0.6 is 0 Å². The normalized spacial score (nSPS) is 27.6. The van der Waals surface area contributed by atoms with Crippen molar-refractivity contribution >= 4 is 17.3 Å². The average Bonchev–Trinajstić information content (AvgIpc) is 2.73. The number of aliphatic hydroxyl groups excluding tert-OH is 4. The van der Waals surface area contributed by atoms with Crippen molar-refractivity contribution in [3.05, 3.63) is 60.2 Å². The van der Waals surface area contributed by atoms with Gasteiger partial charge >= 0.3 is 0 Å². The summed E-state index contributed by atoms with van der Waals surface area (Å²) in [5.41, 5.74) is 1.50. The van der Waals surface area contributed by atoms with Gasteiger partial charge in [-0.3, -0.25) is 4.79 Å². The number of amides is 1. The monoisotopic (exact) mass is 387 g/mol. The lowest BCUT2D eigenvalue weighted by Crippen LogP contribution is -2.64. The molecule has 0 radical (unpaired) electrons. The standard InChI is InChI=1S/C19H21N3O6/c23-10-14-16(24)17(25)15(19(27)28-14)20-18(26)11-6-8-13(9-7-11)22-21-12-4-2-1-3-5-12/h1-9,14-17,19,23-25,27H,10H2,(H,20,26)/b22-21+. The van der Waals surface area contributed by atoms with Gasteiger partial charge in [0.25, 0.3) is 5.91 Å². The first-order valence-corrected chi connectivity index (χ1v) is 8.68. The Hall–Kier alpha value is -2.69. The van der Waals surface area contributed by atoms with Crippen molar-refractivity contribution in [1.29, 1.82) is 0 Å². The zero-order chi connectivity index (χ0) is 20.1. The molecule has 2 aromatic carbocycles. The fraction of sp³-hybridized carbons (Fsp3) is 0.316. The van der Waals surface area contributed by atoms with Gasteiger partial charge in [0.2, 0.25) is 0 Å². The molecule has 28 heavy (non-hydrogen) atoms. The van der Waals surface area contributed by atoms with Crippen LogP contribution in [0.4, 0.5) is 11.4 Å². The first-order chi connectivity index (χ1) is 13.5. The molecule has 1 saturated heterocycles. The summed E-state index contributed by atoms with van der Waals surface area (Å²) in [4.78, 5) is 12.4. The van der Waals surface area contributed by atoms with E-state index >= 15 is 0 Å². The van der Waals surface area contributed by atoms with Gasteiger partial charge in [-0.05, 0) is 36.4 Å². The highest BCUT2D eigenvalue weighted by molar-refractivity contribution is 5.94. The summed E-state index contributed by atoms with van der Waals surface area (Å²) in [5.74, 6) is -0.576. The third-order valence-electron chi connectivity index (χ3n) is 4.36. The number of nitrogens with zero attached hydrogens (tertiary/aromatic N) is 2. The van der Waals surface area contributed by atoms with E-state index in [1.807, 2.05) is 30.3 Å². The Bertz CT molecular complexity index is 814. The highest BCUT2D eigenvalue weighted by Crippen LogP contribution is 2.21. The van der Waals surface area contributed by atoms with E-state index in [-0.39, 0.29) is 5.56 Å². The van der Waals surface area contributed by atoms with Crippen LogP contribution in [0.5, 0.6) is 0 Å². The van der Waals surface area contributed by atoms with Gasteiger partial charge in [-0.1, -0.05) is 18.2 Å². The van der Waals surface area contributed by atoms with Crippen LogP contribution in [0.2, 0.25) is 0 Å². The summed E-state index contributed by atoms with van der Waals surface area (Å²) in [7, 11) is 0. The van der Waals surface area contributed by atoms with Crippen LogP contribution in [-0.2, 0) is 4.74 Å². The molecule has 9 heteroatoms. The molecule has 2 aromatic rings. The molecule has 1 aliphatic heterocycles. The Morgan fingerprint density at radius 2 is 1.54 bits per heavy atom. The number of carbonyl (C=O) groups is 1. The number of aliphatic hydroxyl groups is 4. The molecular formula is C19H21N3O6. The molecule has 0 bridgehead atoms. The van der Waals surface area contributed by atoms with E-state index in [1.54, 1.807) is 12.1 Å². The average molecular weight is 387 g/mol. The predicted molar refractivity (Wildman–Crippen MR) is 98.3 cm³/mol. The lowest BCUT2D eigenvalue weighted by molar-refractivity contribution is -0.252. The number of ether oxygens (including phenoxy) is 1. The predicted octanol–water partition coefficient (Wildman–Crippen LogP) is 0.632. The molecule has 1 heterocycles. The summed E-state index contributed by atoms with van der Waals surface area (Å²) in [6.07, 6.45) is -5.64. The number of hydrogen-bond donors (Lipinski definition) is 5. The molecule has 1 fully saturated rings. The first kappa shape index (κ1) is 20.1. The Balaban J connectivity index is 1.64. The van der Waals surface area contributed by atoms with E-state index in [0.29, 0.717) is 11.4 Å². The van der Waals surface area contributed by atoms with Crippen molar-refractivity contribution in [1.82, 2.24) is 5.32 Å². The van der Waals surface area contributed by atoms with Crippen molar-refractivity contribution in [2.45, 2.75) is 30.6 Å². The maximum Gasteiger partial charge on any atom is 0.251 e. The second-order valence-electron chi connectivity index (χ2n) is 6.31. The number of azo groups is 1. The van der Waals surface area contributed by atoms with Crippen molar-refractivity contribution in [2.24, 2.45) is 10.2 Å². The molecule has 0 aromatic heterocycles. The molecule has 3 rings (SSSR count). The molecule has 5 N–H and O–H groups in total. The van der Waals surface area contributed by atoms with Crippen LogP contribution in [-0.4, -0.2) is 63.6 Å². The Morgan fingerprint density at radius 1 is 0.929 bits per heavy atom. The maximum absolute atomic E-state index is 12.4. The van der Waals surface area contributed by atoms with Crippen LogP contribution < -0.4 is 5.32 Å². The lowest BCUT2D eigenvalue weighted by Gasteiger charge is -2.40. The number of rotatable bonds is 5. The minimum atomic E-state index is -1.57. The summed E-state index contributed by atoms with van der Waals surface area (Å²) in [6.45, 7) is -0.574. The highest BCUT2D eigenvalue weighted by atomic mass is 16.6. The molecule has 148 valence electrons. The third-order valence-corrected chi connectivity index (χ3v) is 4.36. The minimum Gasteiger partial charge on any atom is -0.394 e. The SMILES string of the molecule is O=C(NC1C(O)OC(CO)C(O)C1O)c1ccc(/N=N/c2ccccc2)cc1. The number of benzene rings is 2. The van der Waals surface area contributed by atoms with Crippen LogP contribution in [0.15, 0.2) is 64.8 Å². The fourth-order valence-corrected chi connectivity index (χ4v) is 2.78. The molecular weight excluding hydrogens is 366 g/mol. The number of nitrogens with one attached hydrogen (secondary N) is 1. The van der Waals surface area contributed by atoms with Gasteiger partial charge in [0.05, 0.1) is 18.0 Å². The van der Waals surface area contributed by atoms with Gasteiger partial charge in [0, 0.05) is 5.56 Å². The van der Waals surface area contributed by atoms with E-state index in [9.17, 15) is 20.1 Å². The second-order valence-corrected chi connectivity index (χ2v) is 6.31. The second kappa shape index (κ2) is 9.00. The van der Waals surface area contributed by atoms with Gasteiger partial charge in [-0.25, -0.2) is 0 Å². The topological polar surface area (TPSA) is 144 Å². The lowest BCUT2D eigenvalue weighted by atomic mass is 9.97. The van der Waals surface area contributed by atoms with E-state index in [1.165, 1.54) is 12.1 Å². The van der Waals surface area contributed by atoms with Crippen molar-refractivity contribution in [2.75, 3.05) is 6.61 Å². The quantitative estimate of drug-likeness (QED) is 0.476. The third kappa shape index (κ3) is 4.58. The van der Waals surface area contributed by atoms with E-state index in [2.05, 4.69) is 15.5 Å². The molecule has 1 aliphatic rings. The van der Waals surface area contributed by atoms with E-state index in [0.717, 1.165) is 0 Å². The van der Waals surface area contributed by atoms with Gasteiger partial charge < -0.3 is 30.5 Å². The first-order valence-electron chi connectivity index (χ1n) is 8.68. The van der Waals surface area contributed by atoms with Gasteiger partial charge in [0.1, 0.15) is 24.4 Å². The Morgan fingerprint density at radius 3 is 2.14 bits per heavy atom. The fourth-order valence-electron chi connectivity index (χ4n) is 2.78. The zero-order valence-electron chi connectivity index (χ0n) is 14.8. The number of hydrogen-bond acceptors (Lipinski definition) is 8. The summed E-state index contributed by atoms with van der Waals surface area (Å²) in [6, 6.07) is 14.2. The molecule has 1 amide bonds. The van der Waals surface area contributed by atoms with Crippen molar-refractivity contribution < 1.29 is 30.0 Å². The summed E-state index contributed by atoms with van der Waals surface area (Å²) < 4.78 is 5.01. The van der Waals surface area contributed by atoms with Crippen LogP contribution in [0.25, 0.3) is 0 Å². The van der Waals surface area contributed by atoms with Gasteiger partial charge in [-0.15, -0.1) is 0 Å². The maximum atomic E-state index is 12.4. The van der Waals surface area contributed by atoms with Crippen molar-refractivity contribution in [3.8, 4) is 0 Å².